The van der Waals surface area contributed by atoms with Gasteiger partial charge in [0.1, 0.15) is 11.5 Å². The van der Waals surface area contributed by atoms with Gasteiger partial charge < -0.3 is 19.3 Å². The van der Waals surface area contributed by atoms with Crippen molar-refractivity contribution in [1.29, 1.82) is 0 Å². The molecule has 3 rings (SSSR count). The van der Waals surface area contributed by atoms with Crippen molar-refractivity contribution in [3.05, 3.63) is 132 Å². The Kier molecular flexibility index (Phi) is 10.2. The Balaban J connectivity index is 1.61. The van der Waals surface area contributed by atoms with Crippen molar-refractivity contribution >= 4 is 19.6 Å². The maximum absolute atomic E-state index is 5.94. The molecule has 0 aromatic heterocycles. The zero-order valence-electron chi connectivity index (χ0n) is 21.7. The highest BCUT2D eigenvalue weighted by Crippen LogP contribution is 2.28. The third-order valence-electron chi connectivity index (χ3n) is 5.93. The molecule has 2 aliphatic rings. The van der Waals surface area contributed by atoms with Crippen molar-refractivity contribution in [2.45, 2.75) is 20.8 Å². The third-order valence-corrected chi connectivity index (χ3v) is 7.30. The van der Waals surface area contributed by atoms with Crippen molar-refractivity contribution in [2.24, 2.45) is 0 Å². The summed E-state index contributed by atoms with van der Waals surface area (Å²) >= 11 is 0. The quantitative estimate of drug-likeness (QED) is 0.253. The molecule has 0 radical (unpaired) electrons. The van der Waals surface area contributed by atoms with E-state index in [1.54, 1.807) is 0 Å². The molecule has 36 heavy (non-hydrogen) atoms. The summed E-state index contributed by atoms with van der Waals surface area (Å²) in [4.78, 5) is 4.33. The molecule has 0 bridgehead atoms. The van der Waals surface area contributed by atoms with Gasteiger partial charge in [-0.05, 0) is 61.8 Å². The van der Waals surface area contributed by atoms with Gasteiger partial charge in [0.05, 0.1) is 0 Å². The van der Waals surface area contributed by atoms with E-state index in [1.165, 1.54) is 10.6 Å². The lowest BCUT2D eigenvalue weighted by Crippen LogP contribution is -2.32. The van der Waals surface area contributed by atoms with Crippen LogP contribution < -0.4 is 10.2 Å². The van der Waals surface area contributed by atoms with Crippen LogP contribution in [0, 0.1) is 0 Å². The second-order valence-corrected chi connectivity index (χ2v) is 9.78. The first-order valence-electron chi connectivity index (χ1n) is 12.1. The average Bonchev–Trinajstić information content (AvgIpc) is 2.92. The Morgan fingerprint density at radius 1 is 0.861 bits per heavy atom. The van der Waals surface area contributed by atoms with Crippen LogP contribution in [0.4, 0.5) is 5.69 Å². The van der Waals surface area contributed by atoms with Crippen LogP contribution in [-0.4, -0.2) is 31.5 Å². The maximum atomic E-state index is 5.94. The molecule has 1 aromatic carbocycles. The molecule has 0 amide bonds. The number of allylic oxidation sites excluding steroid dienone is 8. The van der Waals surface area contributed by atoms with Crippen LogP contribution in [0.5, 0.6) is 0 Å². The molecule has 2 aliphatic heterocycles. The molecule has 5 heteroatoms. The summed E-state index contributed by atoms with van der Waals surface area (Å²) in [5.74, 6) is 1.78. The molecule has 1 atom stereocenters. The highest BCUT2D eigenvalue weighted by atomic mass is 31.1. The minimum atomic E-state index is 0.480. The van der Waals surface area contributed by atoms with E-state index in [0.717, 1.165) is 47.1 Å². The van der Waals surface area contributed by atoms with E-state index in [1.807, 2.05) is 50.3 Å². The Labute approximate surface area is 218 Å². The number of hydrogen-bond acceptors (Lipinski definition) is 4. The molecule has 1 unspecified atom stereocenters. The zero-order chi connectivity index (χ0) is 25.9. The molecule has 0 aliphatic carbocycles. The number of ether oxygens (including phenoxy) is 2. The SMILES string of the molecule is C=CC1=C(/C=C\C)OCN(C(=C)/C=C\C(=C/C)Pc2ccc(N3COC(/C=C\C)=C(C=C)C3)cc2)C1. The van der Waals surface area contributed by atoms with E-state index in [2.05, 4.69) is 79.0 Å². The fraction of sp³-hybridized carbons (Fsp3) is 0.226. The van der Waals surface area contributed by atoms with Gasteiger partial charge in [-0.15, -0.1) is 0 Å². The molecule has 0 fully saturated rings. The summed E-state index contributed by atoms with van der Waals surface area (Å²) in [6.07, 6.45) is 18.0. The van der Waals surface area contributed by atoms with Crippen molar-refractivity contribution in [1.82, 2.24) is 4.90 Å². The van der Waals surface area contributed by atoms with Crippen molar-refractivity contribution in [3.63, 3.8) is 0 Å². The average molecular weight is 501 g/mol. The molecule has 2 heterocycles. The standard InChI is InChI=1S/C31H37N2O2P/c1-7-12-30-25(9-3)20-32(22-34-30)24(6)14-17-28(11-5)36-29-18-15-27(16-19-29)33-21-26(10-4)31(13-8-2)35-23-33/h7-19,36H,3-4,6,20-23H2,1-2,5H3/b12-7-,13-8-,17-14-,28-11+. The highest BCUT2D eigenvalue weighted by Gasteiger charge is 2.18. The summed E-state index contributed by atoms with van der Waals surface area (Å²) in [6, 6.07) is 8.72. The van der Waals surface area contributed by atoms with E-state index < -0.39 is 0 Å². The first-order valence-corrected chi connectivity index (χ1v) is 13.1. The number of nitrogens with zero attached hydrogens (tertiary/aromatic N) is 2. The fourth-order valence-corrected chi connectivity index (χ4v) is 4.83. The fourth-order valence-electron chi connectivity index (χ4n) is 3.86. The van der Waals surface area contributed by atoms with Gasteiger partial charge in [-0.2, -0.15) is 0 Å². The van der Waals surface area contributed by atoms with Gasteiger partial charge in [0.2, 0.25) is 0 Å². The Morgan fingerprint density at radius 2 is 1.47 bits per heavy atom. The third kappa shape index (κ3) is 7.02. The van der Waals surface area contributed by atoms with Crippen LogP contribution in [0.15, 0.2) is 132 Å². The van der Waals surface area contributed by atoms with Gasteiger partial charge in [0.25, 0.3) is 0 Å². The minimum absolute atomic E-state index is 0.480. The van der Waals surface area contributed by atoms with Crippen molar-refractivity contribution in [2.75, 3.05) is 31.5 Å². The van der Waals surface area contributed by atoms with E-state index in [9.17, 15) is 0 Å². The Hall–Kier alpha value is -3.49. The van der Waals surface area contributed by atoms with E-state index >= 15 is 0 Å². The molecule has 0 saturated heterocycles. The van der Waals surface area contributed by atoms with Crippen molar-refractivity contribution in [3.8, 4) is 0 Å². The number of hydrogen-bond donors (Lipinski definition) is 0. The Morgan fingerprint density at radius 3 is 2.06 bits per heavy atom. The summed E-state index contributed by atoms with van der Waals surface area (Å²) in [6.45, 7) is 20.7. The normalized spacial score (nSPS) is 17.6. The number of benzene rings is 1. The molecule has 4 nitrogen and oxygen atoms in total. The van der Waals surface area contributed by atoms with Gasteiger partial charge in [-0.25, -0.2) is 0 Å². The second kappa shape index (κ2) is 13.6. The topological polar surface area (TPSA) is 24.9 Å². The molecule has 0 N–H and O–H groups in total. The molecule has 0 spiro atoms. The van der Waals surface area contributed by atoms with Crippen LogP contribution in [0.25, 0.3) is 0 Å². The summed E-state index contributed by atoms with van der Waals surface area (Å²) in [5, 5.41) is 2.54. The van der Waals surface area contributed by atoms with Gasteiger partial charge in [-0.1, -0.05) is 76.9 Å². The summed E-state index contributed by atoms with van der Waals surface area (Å²) in [7, 11) is 0.556. The first-order chi connectivity index (χ1) is 17.5. The highest BCUT2D eigenvalue weighted by molar-refractivity contribution is 7.52. The zero-order valence-corrected chi connectivity index (χ0v) is 22.7. The maximum Gasteiger partial charge on any atom is 0.161 e. The number of rotatable bonds is 10. The smallest absolute Gasteiger partial charge is 0.161 e. The van der Waals surface area contributed by atoms with Crippen LogP contribution >= 0.6 is 8.58 Å². The monoisotopic (exact) mass is 500 g/mol. The summed E-state index contributed by atoms with van der Waals surface area (Å²) in [5.41, 5.74) is 4.22. The predicted octanol–water partition coefficient (Wildman–Crippen LogP) is 7.08. The lowest BCUT2D eigenvalue weighted by atomic mass is 10.1. The number of anilines is 1. The first kappa shape index (κ1) is 27.1. The predicted molar refractivity (Wildman–Crippen MR) is 156 cm³/mol. The minimum Gasteiger partial charge on any atom is -0.473 e. The van der Waals surface area contributed by atoms with Crippen LogP contribution in [0.2, 0.25) is 0 Å². The van der Waals surface area contributed by atoms with E-state index in [0.29, 0.717) is 22.0 Å². The molecule has 1 aromatic rings. The van der Waals surface area contributed by atoms with Crippen LogP contribution in [-0.2, 0) is 9.47 Å². The van der Waals surface area contributed by atoms with Crippen LogP contribution in [0.1, 0.15) is 20.8 Å². The van der Waals surface area contributed by atoms with Gasteiger partial charge in [0.15, 0.2) is 13.5 Å². The van der Waals surface area contributed by atoms with Gasteiger partial charge >= 0.3 is 0 Å². The lowest BCUT2D eigenvalue weighted by molar-refractivity contribution is 0.0925. The largest absolute Gasteiger partial charge is 0.473 e. The van der Waals surface area contributed by atoms with Gasteiger partial charge in [-0.3, -0.25) is 0 Å². The van der Waals surface area contributed by atoms with E-state index in [-0.39, 0.29) is 0 Å². The summed E-state index contributed by atoms with van der Waals surface area (Å²) < 4.78 is 11.8. The Bertz CT molecular complexity index is 1150. The lowest BCUT2D eigenvalue weighted by Gasteiger charge is -2.31. The van der Waals surface area contributed by atoms with Crippen molar-refractivity contribution < 1.29 is 9.47 Å². The molecule has 0 saturated carbocycles. The molecular formula is C31H37N2O2P. The second-order valence-electron chi connectivity index (χ2n) is 8.37. The van der Waals surface area contributed by atoms with Crippen LogP contribution in [0.3, 0.4) is 0 Å². The van der Waals surface area contributed by atoms with Gasteiger partial charge in [0, 0.05) is 35.6 Å². The van der Waals surface area contributed by atoms with E-state index in [4.69, 9.17) is 9.47 Å². The molecular weight excluding hydrogens is 463 g/mol. The molecule has 188 valence electrons.